The molecule has 0 aliphatic carbocycles. The van der Waals surface area contributed by atoms with E-state index in [-0.39, 0.29) is 5.75 Å². The van der Waals surface area contributed by atoms with Crippen LogP contribution in [0.3, 0.4) is 0 Å². The Kier molecular flexibility index (Phi) is 3.82. The fourth-order valence-electron chi connectivity index (χ4n) is 2.08. The lowest BCUT2D eigenvalue weighted by Gasteiger charge is -2.09. The number of hydrogen-bond donors (Lipinski definition) is 2. The predicted octanol–water partition coefficient (Wildman–Crippen LogP) is 2.64. The van der Waals surface area contributed by atoms with E-state index in [1.54, 1.807) is 24.7 Å². The maximum absolute atomic E-state index is 9.21. The lowest BCUT2D eigenvalue weighted by Crippen LogP contribution is -2.02. The van der Waals surface area contributed by atoms with Gasteiger partial charge in [0.25, 0.3) is 0 Å². The quantitative estimate of drug-likeness (QED) is 0.754. The summed E-state index contributed by atoms with van der Waals surface area (Å²) in [4.78, 5) is 8.19. The molecule has 5 heteroatoms. The molecule has 21 heavy (non-hydrogen) atoms. The van der Waals surface area contributed by atoms with Gasteiger partial charge in [-0.25, -0.2) is 4.98 Å². The summed E-state index contributed by atoms with van der Waals surface area (Å²) in [6, 6.07) is 11.7. The van der Waals surface area contributed by atoms with Crippen LogP contribution in [0.1, 0.15) is 11.3 Å². The van der Waals surface area contributed by atoms with Crippen molar-refractivity contribution in [3.8, 4) is 5.75 Å². The SMILES string of the molecule is Oc1ccc(CNc2cccc(Cn3ccnc3)c2)nc1. The summed E-state index contributed by atoms with van der Waals surface area (Å²) in [5.74, 6) is 0.182. The molecule has 0 saturated carbocycles. The molecule has 2 heterocycles. The number of hydrogen-bond acceptors (Lipinski definition) is 4. The van der Waals surface area contributed by atoms with Crippen molar-refractivity contribution in [2.24, 2.45) is 0 Å². The second kappa shape index (κ2) is 6.09. The third-order valence-electron chi connectivity index (χ3n) is 3.13. The number of imidazole rings is 1. The van der Waals surface area contributed by atoms with Gasteiger partial charge in [0.05, 0.1) is 24.8 Å². The second-order valence-electron chi connectivity index (χ2n) is 4.80. The third-order valence-corrected chi connectivity index (χ3v) is 3.13. The Morgan fingerprint density at radius 3 is 2.90 bits per heavy atom. The molecule has 0 spiro atoms. The summed E-state index contributed by atoms with van der Waals surface area (Å²) < 4.78 is 2.03. The highest BCUT2D eigenvalue weighted by molar-refractivity contribution is 5.46. The van der Waals surface area contributed by atoms with Crippen molar-refractivity contribution in [1.29, 1.82) is 0 Å². The fourth-order valence-corrected chi connectivity index (χ4v) is 2.08. The zero-order chi connectivity index (χ0) is 14.5. The van der Waals surface area contributed by atoms with E-state index in [4.69, 9.17) is 0 Å². The van der Waals surface area contributed by atoms with Crippen LogP contribution in [0.25, 0.3) is 0 Å². The first-order valence-corrected chi connectivity index (χ1v) is 6.72. The zero-order valence-electron chi connectivity index (χ0n) is 11.5. The van der Waals surface area contributed by atoms with Crippen molar-refractivity contribution in [1.82, 2.24) is 14.5 Å². The van der Waals surface area contributed by atoms with Gasteiger partial charge in [-0.1, -0.05) is 12.1 Å². The highest BCUT2D eigenvalue weighted by Gasteiger charge is 1.99. The summed E-state index contributed by atoms with van der Waals surface area (Å²) in [6.45, 7) is 1.42. The summed E-state index contributed by atoms with van der Waals surface area (Å²) in [5, 5.41) is 12.5. The number of aromatic hydroxyl groups is 1. The molecule has 2 aromatic heterocycles. The van der Waals surface area contributed by atoms with Gasteiger partial charge in [-0.2, -0.15) is 0 Å². The maximum atomic E-state index is 9.21. The predicted molar refractivity (Wildman–Crippen MR) is 81.0 cm³/mol. The molecule has 0 amide bonds. The first-order valence-electron chi connectivity index (χ1n) is 6.72. The van der Waals surface area contributed by atoms with Crippen LogP contribution >= 0.6 is 0 Å². The van der Waals surface area contributed by atoms with Gasteiger partial charge in [0.1, 0.15) is 5.75 Å². The number of nitrogens with zero attached hydrogens (tertiary/aromatic N) is 3. The average molecular weight is 280 g/mol. The Balaban J connectivity index is 1.64. The smallest absolute Gasteiger partial charge is 0.133 e. The zero-order valence-corrected chi connectivity index (χ0v) is 11.5. The van der Waals surface area contributed by atoms with E-state index in [9.17, 15) is 5.11 Å². The number of rotatable bonds is 5. The molecule has 0 fully saturated rings. The molecule has 2 N–H and O–H groups in total. The van der Waals surface area contributed by atoms with E-state index < -0.39 is 0 Å². The van der Waals surface area contributed by atoms with Gasteiger partial charge in [0.2, 0.25) is 0 Å². The van der Waals surface area contributed by atoms with Crippen molar-refractivity contribution < 1.29 is 5.11 Å². The number of benzene rings is 1. The van der Waals surface area contributed by atoms with Gasteiger partial charge in [-0.3, -0.25) is 4.98 Å². The number of aromatic nitrogens is 3. The molecule has 0 saturated heterocycles. The summed E-state index contributed by atoms with van der Waals surface area (Å²) in [6.07, 6.45) is 6.98. The Hall–Kier alpha value is -2.82. The van der Waals surface area contributed by atoms with Crippen molar-refractivity contribution >= 4 is 5.69 Å². The molecular formula is C16H16N4O. The molecule has 5 nitrogen and oxygen atoms in total. The first kappa shape index (κ1) is 13.2. The Morgan fingerprint density at radius 1 is 1.19 bits per heavy atom. The van der Waals surface area contributed by atoms with Gasteiger partial charge in [-0.05, 0) is 29.8 Å². The molecular weight excluding hydrogens is 264 g/mol. The minimum Gasteiger partial charge on any atom is -0.506 e. The molecule has 0 aliphatic heterocycles. The normalized spacial score (nSPS) is 10.5. The Bertz CT molecular complexity index is 693. The van der Waals surface area contributed by atoms with Crippen LogP contribution in [-0.2, 0) is 13.1 Å². The topological polar surface area (TPSA) is 63.0 Å². The lowest BCUT2D eigenvalue weighted by molar-refractivity contribution is 0.472. The average Bonchev–Trinajstić information content (AvgIpc) is 3.00. The molecule has 0 bridgehead atoms. The molecule has 0 atom stereocenters. The Labute approximate surface area is 122 Å². The van der Waals surface area contributed by atoms with E-state index in [1.165, 1.54) is 11.8 Å². The van der Waals surface area contributed by atoms with Crippen molar-refractivity contribution in [2.45, 2.75) is 13.1 Å². The van der Waals surface area contributed by atoms with Crippen LogP contribution in [0.4, 0.5) is 5.69 Å². The Morgan fingerprint density at radius 2 is 2.14 bits per heavy atom. The monoisotopic (exact) mass is 280 g/mol. The molecule has 1 aromatic carbocycles. The number of nitrogens with one attached hydrogen (secondary N) is 1. The molecule has 0 radical (unpaired) electrons. The summed E-state index contributed by atoms with van der Waals surface area (Å²) in [7, 11) is 0. The van der Waals surface area contributed by atoms with Crippen molar-refractivity contribution in [2.75, 3.05) is 5.32 Å². The van der Waals surface area contributed by atoms with Gasteiger partial charge < -0.3 is 15.0 Å². The van der Waals surface area contributed by atoms with E-state index in [0.717, 1.165) is 17.9 Å². The van der Waals surface area contributed by atoms with E-state index in [0.29, 0.717) is 6.54 Å². The standard InChI is InChI=1S/C16H16N4O/c21-16-5-4-15(19-10-16)9-18-14-3-1-2-13(8-14)11-20-7-6-17-12-20/h1-8,10,12,18,21H,9,11H2. The van der Waals surface area contributed by atoms with Crippen LogP contribution in [0.15, 0.2) is 61.3 Å². The number of anilines is 1. The fraction of sp³-hybridized carbons (Fsp3) is 0.125. The lowest BCUT2D eigenvalue weighted by atomic mass is 10.2. The molecule has 0 unspecified atom stereocenters. The maximum Gasteiger partial charge on any atom is 0.133 e. The summed E-state index contributed by atoms with van der Waals surface area (Å²) >= 11 is 0. The van der Waals surface area contributed by atoms with Crippen molar-refractivity contribution in [3.05, 3.63) is 72.6 Å². The second-order valence-corrected chi connectivity index (χ2v) is 4.80. The molecule has 3 aromatic rings. The summed E-state index contributed by atoms with van der Waals surface area (Å²) in [5.41, 5.74) is 3.13. The highest BCUT2D eigenvalue weighted by atomic mass is 16.3. The van der Waals surface area contributed by atoms with Gasteiger partial charge >= 0.3 is 0 Å². The van der Waals surface area contributed by atoms with Crippen LogP contribution in [0.2, 0.25) is 0 Å². The van der Waals surface area contributed by atoms with E-state index >= 15 is 0 Å². The largest absolute Gasteiger partial charge is 0.506 e. The van der Waals surface area contributed by atoms with Crippen LogP contribution in [-0.4, -0.2) is 19.6 Å². The highest BCUT2D eigenvalue weighted by Crippen LogP contribution is 2.13. The minimum absolute atomic E-state index is 0.182. The van der Waals surface area contributed by atoms with Gasteiger partial charge in [0.15, 0.2) is 0 Å². The first-order chi connectivity index (χ1) is 10.3. The van der Waals surface area contributed by atoms with Gasteiger partial charge in [0, 0.05) is 24.6 Å². The number of pyridine rings is 1. The minimum atomic E-state index is 0.182. The molecule has 0 aliphatic rings. The van der Waals surface area contributed by atoms with Crippen LogP contribution in [0, 0.1) is 0 Å². The third kappa shape index (κ3) is 3.60. The van der Waals surface area contributed by atoms with Gasteiger partial charge in [-0.15, -0.1) is 0 Å². The van der Waals surface area contributed by atoms with Crippen LogP contribution < -0.4 is 5.32 Å². The van der Waals surface area contributed by atoms with Crippen molar-refractivity contribution in [3.63, 3.8) is 0 Å². The molecule has 106 valence electrons. The van der Waals surface area contributed by atoms with E-state index in [1.807, 2.05) is 22.9 Å². The molecule has 3 rings (SSSR count). The van der Waals surface area contributed by atoms with Crippen LogP contribution in [0.5, 0.6) is 5.75 Å². The van der Waals surface area contributed by atoms with E-state index in [2.05, 4.69) is 27.4 Å².